The topological polar surface area (TPSA) is 82.6 Å². The van der Waals surface area contributed by atoms with E-state index in [9.17, 15) is 18.8 Å². The van der Waals surface area contributed by atoms with Gasteiger partial charge in [0.2, 0.25) is 5.91 Å². The molecular formula is C25H23FN4O3S. The van der Waals surface area contributed by atoms with Crippen molar-refractivity contribution in [3.8, 4) is 11.3 Å². The molecule has 1 aliphatic carbocycles. The normalized spacial score (nSPS) is 19.9. The summed E-state index contributed by atoms with van der Waals surface area (Å²) >= 11 is 1.27. The summed E-state index contributed by atoms with van der Waals surface area (Å²) in [6.07, 6.45) is 1.77. The van der Waals surface area contributed by atoms with Gasteiger partial charge in [0.1, 0.15) is 17.9 Å². The van der Waals surface area contributed by atoms with Gasteiger partial charge in [0, 0.05) is 10.9 Å². The number of nitrogens with one attached hydrogen (secondary N) is 1. The molecule has 0 spiro atoms. The number of carbonyl (C=O) groups is 3. The lowest BCUT2D eigenvalue weighted by atomic mass is 9.96. The molecule has 1 aromatic heterocycles. The van der Waals surface area contributed by atoms with Gasteiger partial charge in [-0.3, -0.25) is 19.4 Å². The average molecular weight is 479 g/mol. The van der Waals surface area contributed by atoms with Gasteiger partial charge >= 0.3 is 6.03 Å². The zero-order chi connectivity index (χ0) is 23.9. The van der Waals surface area contributed by atoms with Crippen LogP contribution in [-0.2, 0) is 16.1 Å². The van der Waals surface area contributed by atoms with Crippen molar-refractivity contribution in [2.75, 3.05) is 11.4 Å². The van der Waals surface area contributed by atoms with Crippen LogP contribution in [0.2, 0.25) is 0 Å². The maximum atomic E-state index is 13.5. The van der Waals surface area contributed by atoms with Crippen molar-refractivity contribution < 1.29 is 18.8 Å². The molecule has 3 aromatic rings. The maximum absolute atomic E-state index is 13.5. The Hall–Kier alpha value is -3.59. The summed E-state index contributed by atoms with van der Waals surface area (Å²) < 4.78 is 13.3. The maximum Gasteiger partial charge on any atom is 0.325 e. The predicted molar refractivity (Wildman–Crippen MR) is 127 cm³/mol. The van der Waals surface area contributed by atoms with E-state index in [1.807, 2.05) is 30.3 Å². The Morgan fingerprint density at radius 1 is 1.18 bits per heavy atom. The Morgan fingerprint density at radius 3 is 2.56 bits per heavy atom. The van der Waals surface area contributed by atoms with E-state index in [1.54, 1.807) is 24.4 Å². The first-order valence-electron chi connectivity index (χ1n) is 11.0. The fourth-order valence-electron chi connectivity index (χ4n) is 4.19. The van der Waals surface area contributed by atoms with E-state index in [-0.39, 0.29) is 30.7 Å². The second-order valence-electron chi connectivity index (χ2n) is 8.79. The Morgan fingerprint density at radius 2 is 1.88 bits per heavy atom. The highest BCUT2D eigenvalue weighted by molar-refractivity contribution is 7.14. The fourth-order valence-corrected chi connectivity index (χ4v) is 5.04. The number of halogens is 1. The zero-order valence-corrected chi connectivity index (χ0v) is 19.3. The quantitative estimate of drug-likeness (QED) is 0.516. The summed E-state index contributed by atoms with van der Waals surface area (Å²) in [4.78, 5) is 46.1. The van der Waals surface area contributed by atoms with Gasteiger partial charge in [-0.15, -0.1) is 11.3 Å². The predicted octanol–water partition coefficient (Wildman–Crippen LogP) is 4.20. The van der Waals surface area contributed by atoms with Crippen LogP contribution in [0.1, 0.15) is 25.3 Å². The molecule has 2 heterocycles. The van der Waals surface area contributed by atoms with Crippen LogP contribution in [0, 0.1) is 11.7 Å². The van der Waals surface area contributed by atoms with E-state index in [2.05, 4.69) is 10.3 Å². The van der Waals surface area contributed by atoms with E-state index in [4.69, 9.17) is 0 Å². The molecule has 2 aromatic carbocycles. The number of hydrogen-bond acceptors (Lipinski definition) is 5. The molecular weight excluding hydrogens is 455 g/mol. The first kappa shape index (κ1) is 22.2. The highest BCUT2D eigenvalue weighted by Gasteiger charge is 2.56. The second-order valence-corrected chi connectivity index (χ2v) is 9.62. The number of urea groups is 1. The molecule has 2 fully saturated rings. The highest BCUT2D eigenvalue weighted by Crippen LogP contribution is 2.42. The SMILES string of the molecule is CC1(C2CC2)NC(=O)N(CC(=O)N(Cc2ccccc2)c2nc(-c3ccc(F)cc3)cs2)C1=O. The van der Waals surface area contributed by atoms with Crippen molar-refractivity contribution in [2.24, 2.45) is 5.92 Å². The number of imide groups is 1. The number of carbonyl (C=O) groups excluding carboxylic acids is 3. The van der Waals surface area contributed by atoms with Crippen molar-refractivity contribution >= 4 is 34.3 Å². The third kappa shape index (κ3) is 4.19. The molecule has 1 saturated heterocycles. The van der Waals surface area contributed by atoms with Crippen LogP contribution in [-0.4, -0.2) is 39.8 Å². The van der Waals surface area contributed by atoms with Gasteiger partial charge in [-0.1, -0.05) is 30.3 Å². The molecule has 4 amide bonds. The van der Waals surface area contributed by atoms with Gasteiger partial charge in [-0.2, -0.15) is 0 Å². The molecule has 9 heteroatoms. The molecule has 1 saturated carbocycles. The fraction of sp³-hybridized carbons (Fsp3) is 0.280. The van der Waals surface area contributed by atoms with Crippen LogP contribution >= 0.6 is 11.3 Å². The number of aromatic nitrogens is 1. The lowest BCUT2D eigenvalue weighted by Crippen LogP contribution is -2.47. The Balaban J connectivity index is 1.41. The van der Waals surface area contributed by atoms with E-state index in [1.165, 1.54) is 28.4 Å². The van der Waals surface area contributed by atoms with Crippen LogP contribution in [0.5, 0.6) is 0 Å². The van der Waals surface area contributed by atoms with E-state index < -0.39 is 17.5 Å². The standard InChI is InChI=1S/C25H23FN4O3S/c1-25(18-9-10-18)22(32)30(23(33)28-25)14-21(31)29(13-16-5-3-2-4-6-16)24-27-20(15-34-24)17-7-11-19(26)12-8-17/h2-8,11-12,15,18H,9-10,13-14H2,1H3,(H,28,33). The van der Waals surface area contributed by atoms with E-state index >= 15 is 0 Å². The summed E-state index contributed by atoms with van der Waals surface area (Å²) in [5.41, 5.74) is 1.28. The van der Waals surface area contributed by atoms with Gasteiger partial charge < -0.3 is 5.32 Å². The molecule has 0 bridgehead atoms. The summed E-state index contributed by atoms with van der Waals surface area (Å²) in [7, 11) is 0. The summed E-state index contributed by atoms with van der Waals surface area (Å²) in [5, 5.41) is 5.01. The third-order valence-corrected chi connectivity index (χ3v) is 7.20. The first-order chi connectivity index (χ1) is 16.3. The van der Waals surface area contributed by atoms with Gasteiger partial charge in [0.05, 0.1) is 12.2 Å². The summed E-state index contributed by atoms with van der Waals surface area (Å²) in [6, 6.07) is 14.9. The lowest BCUT2D eigenvalue weighted by molar-refractivity contribution is -0.134. The molecule has 1 N–H and O–H groups in total. The summed E-state index contributed by atoms with van der Waals surface area (Å²) in [6.45, 7) is 1.60. The molecule has 1 aliphatic heterocycles. The molecule has 7 nitrogen and oxygen atoms in total. The largest absolute Gasteiger partial charge is 0.325 e. The van der Waals surface area contributed by atoms with E-state index in [0.717, 1.165) is 28.9 Å². The van der Waals surface area contributed by atoms with Gasteiger partial charge in [-0.25, -0.2) is 14.2 Å². The van der Waals surface area contributed by atoms with Crippen LogP contribution in [0.4, 0.5) is 14.3 Å². The van der Waals surface area contributed by atoms with Crippen molar-refractivity contribution in [1.29, 1.82) is 0 Å². The number of nitrogens with zero attached hydrogens (tertiary/aromatic N) is 3. The second kappa shape index (κ2) is 8.64. The van der Waals surface area contributed by atoms with Crippen molar-refractivity contribution in [3.63, 3.8) is 0 Å². The zero-order valence-electron chi connectivity index (χ0n) is 18.5. The minimum absolute atomic E-state index is 0.113. The minimum Gasteiger partial charge on any atom is -0.323 e. The Kier molecular flexibility index (Phi) is 5.65. The molecule has 174 valence electrons. The molecule has 5 rings (SSSR count). The number of benzene rings is 2. The first-order valence-corrected chi connectivity index (χ1v) is 11.9. The lowest BCUT2D eigenvalue weighted by Gasteiger charge is -2.24. The van der Waals surface area contributed by atoms with Crippen molar-refractivity contribution in [1.82, 2.24) is 15.2 Å². The van der Waals surface area contributed by atoms with Crippen molar-refractivity contribution in [3.05, 3.63) is 71.4 Å². The Labute approximate surface area is 200 Å². The van der Waals surface area contributed by atoms with Crippen LogP contribution < -0.4 is 10.2 Å². The van der Waals surface area contributed by atoms with Crippen LogP contribution in [0.25, 0.3) is 11.3 Å². The monoisotopic (exact) mass is 478 g/mol. The van der Waals surface area contributed by atoms with Crippen LogP contribution in [0.15, 0.2) is 60.0 Å². The van der Waals surface area contributed by atoms with Crippen LogP contribution in [0.3, 0.4) is 0 Å². The molecule has 1 unspecified atom stereocenters. The van der Waals surface area contributed by atoms with Gasteiger partial charge in [0.15, 0.2) is 5.13 Å². The van der Waals surface area contributed by atoms with E-state index in [0.29, 0.717) is 10.8 Å². The highest BCUT2D eigenvalue weighted by atomic mass is 32.1. The number of amides is 4. The van der Waals surface area contributed by atoms with Crippen molar-refractivity contribution in [2.45, 2.75) is 31.8 Å². The summed E-state index contributed by atoms with van der Waals surface area (Å²) in [5.74, 6) is -1.000. The molecule has 2 aliphatic rings. The molecule has 0 radical (unpaired) electrons. The smallest absolute Gasteiger partial charge is 0.323 e. The third-order valence-electron chi connectivity index (χ3n) is 6.34. The molecule has 34 heavy (non-hydrogen) atoms. The number of hydrogen-bond donors (Lipinski definition) is 1. The molecule has 1 atom stereocenters. The van der Waals surface area contributed by atoms with Gasteiger partial charge in [-0.05, 0) is 55.5 Å². The average Bonchev–Trinajstić information content (AvgIpc) is 3.55. The Bertz CT molecular complexity index is 1240. The van der Waals surface area contributed by atoms with Gasteiger partial charge in [0.25, 0.3) is 5.91 Å². The number of anilines is 1. The number of thiazole rings is 1. The minimum atomic E-state index is -0.946. The number of rotatable bonds is 7.